The number of aromatic nitrogens is 2. The van der Waals surface area contributed by atoms with Gasteiger partial charge in [-0.3, -0.25) is 0 Å². The average molecular weight is 703 g/mol. The lowest BCUT2D eigenvalue weighted by Crippen LogP contribution is -2.33. The minimum atomic E-state index is -0.662. The van der Waals surface area contributed by atoms with Crippen LogP contribution in [0.5, 0.6) is 5.88 Å². The minimum absolute atomic E-state index is 0.394. The van der Waals surface area contributed by atoms with E-state index < -0.39 is 6.17 Å². The Morgan fingerprint density at radius 2 is 1.83 bits per heavy atom. The molecule has 1 aliphatic carbocycles. The number of thiophene rings is 1. The highest BCUT2D eigenvalue weighted by Gasteiger charge is 2.25. The molecule has 0 radical (unpaired) electrons. The summed E-state index contributed by atoms with van der Waals surface area (Å²) in [6.07, 6.45) is 6.44. The number of nitrogens with one attached hydrogen (secondary N) is 3. The number of ether oxygens (including phenoxy) is 1. The molecule has 2 aromatic carbocycles. The normalized spacial score (nSPS) is 19.2. The van der Waals surface area contributed by atoms with Gasteiger partial charge in [0.25, 0.3) is 0 Å². The Bertz CT molecular complexity index is 1970. The van der Waals surface area contributed by atoms with Gasteiger partial charge in [0.05, 0.1) is 28.5 Å². The largest absolute Gasteiger partial charge is 0.481 e. The second kappa shape index (κ2) is 14.4. The summed E-state index contributed by atoms with van der Waals surface area (Å²) in [4.78, 5) is 10.7. The van der Waals surface area contributed by atoms with E-state index in [9.17, 15) is 4.39 Å². The van der Waals surface area contributed by atoms with Crippen LogP contribution in [0.25, 0.3) is 32.5 Å². The first-order chi connectivity index (χ1) is 23.4. The van der Waals surface area contributed by atoms with E-state index in [0.29, 0.717) is 53.0 Å². The number of pyridine rings is 2. The third-order valence-corrected chi connectivity index (χ3v) is 11.3. The number of alkyl halides is 1. The predicted molar refractivity (Wildman–Crippen MR) is 198 cm³/mol. The summed E-state index contributed by atoms with van der Waals surface area (Å²) in [6, 6.07) is 20.4. The third-order valence-electron chi connectivity index (χ3n) is 9.32. The predicted octanol–water partition coefficient (Wildman–Crippen LogP) is 10.1. The number of hydrogen-bond donors (Lipinski definition) is 3. The van der Waals surface area contributed by atoms with E-state index in [1.165, 1.54) is 4.88 Å². The minimum Gasteiger partial charge on any atom is -0.481 e. The average Bonchev–Trinajstić information content (AvgIpc) is 3.82. The quantitative estimate of drug-likeness (QED) is 0.127. The zero-order chi connectivity index (χ0) is 33.2. The maximum atomic E-state index is 13.8. The molecular formula is C38H38Cl2FN5OS. The Hall–Kier alpha value is -3.69. The van der Waals surface area contributed by atoms with Crippen LogP contribution < -0.4 is 20.7 Å². The van der Waals surface area contributed by atoms with Crippen molar-refractivity contribution in [1.82, 2.24) is 20.6 Å². The summed E-state index contributed by atoms with van der Waals surface area (Å²) in [6.45, 7) is 5.50. The summed E-state index contributed by atoms with van der Waals surface area (Å²) < 4.78 is 20.6. The Labute approximate surface area is 294 Å². The van der Waals surface area contributed by atoms with Crippen LogP contribution in [0.3, 0.4) is 0 Å². The molecule has 0 spiro atoms. The number of anilines is 2. The third kappa shape index (κ3) is 7.03. The Morgan fingerprint density at radius 3 is 2.60 bits per heavy atom. The van der Waals surface area contributed by atoms with Crippen LogP contribution >= 0.6 is 34.5 Å². The molecule has 1 aliphatic heterocycles. The van der Waals surface area contributed by atoms with Gasteiger partial charge >= 0.3 is 0 Å². The molecule has 7 rings (SSSR count). The number of fused-ring (bicyclic) bond motifs is 1. The van der Waals surface area contributed by atoms with E-state index >= 15 is 0 Å². The van der Waals surface area contributed by atoms with Gasteiger partial charge in [0, 0.05) is 68.2 Å². The fourth-order valence-corrected chi connectivity index (χ4v) is 8.62. The Balaban J connectivity index is 1.11. The molecule has 2 fully saturated rings. The number of benzene rings is 2. The van der Waals surface area contributed by atoms with Gasteiger partial charge in [0.1, 0.15) is 12.0 Å². The molecule has 1 saturated heterocycles. The highest BCUT2D eigenvalue weighted by molar-refractivity contribution is 7.19. The lowest BCUT2D eigenvalue weighted by atomic mass is 10.00. The van der Waals surface area contributed by atoms with Crippen LogP contribution in [-0.4, -0.2) is 35.8 Å². The number of hydrogen-bond acceptors (Lipinski definition) is 7. The summed E-state index contributed by atoms with van der Waals surface area (Å²) in [5.41, 5.74) is 5.90. The molecule has 1 saturated carbocycles. The van der Waals surface area contributed by atoms with Crippen molar-refractivity contribution in [1.29, 1.82) is 0 Å². The van der Waals surface area contributed by atoms with Crippen LogP contribution in [0.1, 0.15) is 42.5 Å². The molecule has 0 bridgehead atoms. The number of rotatable bonds is 11. The summed E-state index contributed by atoms with van der Waals surface area (Å²) in [5, 5.41) is 12.5. The lowest BCUT2D eigenvalue weighted by Gasteiger charge is -2.16. The highest BCUT2D eigenvalue weighted by Crippen LogP contribution is 2.43. The van der Waals surface area contributed by atoms with Crippen LogP contribution in [0, 0.1) is 5.92 Å². The van der Waals surface area contributed by atoms with Gasteiger partial charge in [-0.25, -0.2) is 14.4 Å². The van der Waals surface area contributed by atoms with E-state index in [1.807, 2.05) is 60.8 Å². The zero-order valence-corrected chi connectivity index (χ0v) is 29.1. The molecule has 48 heavy (non-hydrogen) atoms. The van der Waals surface area contributed by atoms with Crippen molar-refractivity contribution in [3.8, 4) is 28.3 Å². The summed E-state index contributed by atoms with van der Waals surface area (Å²) in [5.74, 6) is 1.70. The molecule has 2 unspecified atom stereocenters. The molecule has 3 atom stereocenters. The molecule has 4 heterocycles. The SMILES string of the molecule is C=C1CCC(CNCc2ccc(-c3cccc(-c4cccc(Nc5nccc6sc(CC7CC[C@H](F)C7)cc56)c4Cl)c3Cl)nc2OC)N1. The first kappa shape index (κ1) is 32.8. The van der Waals surface area contributed by atoms with Gasteiger partial charge in [-0.05, 0) is 68.7 Å². The van der Waals surface area contributed by atoms with Crippen LogP contribution in [0.2, 0.25) is 10.0 Å². The fourth-order valence-electron chi connectivity index (χ4n) is 6.85. The van der Waals surface area contributed by atoms with Gasteiger partial charge in [0.2, 0.25) is 5.88 Å². The van der Waals surface area contributed by atoms with Gasteiger partial charge in [0.15, 0.2) is 0 Å². The monoisotopic (exact) mass is 701 g/mol. The first-order valence-electron chi connectivity index (χ1n) is 16.4. The van der Waals surface area contributed by atoms with Crippen LogP contribution in [-0.2, 0) is 13.0 Å². The Morgan fingerprint density at radius 1 is 1.02 bits per heavy atom. The van der Waals surface area contributed by atoms with Gasteiger partial charge in [-0.15, -0.1) is 11.3 Å². The molecule has 3 N–H and O–H groups in total. The highest BCUT2D eigenvalue weighted by atomic mass is 35.5. The van der Waals surface area contributed by atoms with Crippen molar-refractivity contribution in [2.75, 3.05) is 19.0 Å². The van der Waals surface area contributed by atoms with Crippen molar-refractivity contribution in [2.45, 2.75) is 57.3 Å². The topological polar surface area (TPSA) is 71.1 Å². The lowest BCUT2D eigenvalue weighted by molar-refractivity contribution is 0.331. The fraction of sp³-hybridized carbons (Fsp3) is 0.316. The molecular weight excluding hydrogens is 664 g/mol. The van der Waals surface area contributed by atoms with Gasteiger partial charge < -0.3 is 20.7 Å². The summed E-state index contributed by atoms with van der Waals surface area (Å²) in [7, 11) is 1.64. The molecule has 10 heteroatoms. The van der Waals surface area contributed by atoms with Crippen LogP contribution in [0.15, 0.2) is 79.1 Å². The number of halogens is 3. The van der Waals surface area contributed by atoms with Crippen molar-refractivity contribution in [2.24, 2.45) is 5.92 Å². The van der Waals surface area contributed by atoms with Crippen molar-refractivity contribution in [3.05, 3.63) is 99.6 Å². The second-order valence-electron chi connectivity index (χ2n) is 12.7. The van der Waals surface area contributed by atoms with Crippen molar-refractivity contribution >= 4 is 56.1 Å². The number of allylic oxidation sites excluding steroid dienone is 1. The van der Waals surface area contributed by atoms with Crippen LogP contribution in [0.4, 0.5) is 15.9 Å². The first-order valence-corrected chi connectivity index (χ1v) is 18.0. The standard InChI is InChI=1S/C38H38Cl2FN5OS/c1-22-9-13-26(44-22)21-42-20-24-11-14-32(46-38(24)47-2)30-7-3-5-28(35(30)39)29-6-4-8-33(36(29)40)45-37-31-19-27(48-34(31)15-16-43-37)18-23-10-12-25(41)17-23/h3-8,11,14-16,19,23,25-26,42,44H,1,9-10,12-13,17-18,20-21H2,2H3,(H,43,45)/t23?,25-,26?/m0/s1. The number of methoxy groups -OCH3 is 1. The molecule has 6 nitrogen and oxygen atoms in total. The molecule has 3 aromatic heterocycles. The van der Waals surface area contributed by atoms with Gasteiger partial charge in [-0.1, -0.05) is 66.2 Å². The zero-order valence-electron chi connectivity index (χ0n) is 26.8. The second-order valence-corrected chi connectivity index (χ2v) is 14.6. The van der Waals surface area contributed by atoms with Gasteiger partial charge in [-0.2, -0.15) is 0 Å². The summed E-state index contributed by atoms with van der Waals surface area (Å²) >= 11 is 15.9. The number of nitrogens with zero attached hydrogens (tertiary/aromatic N) is 2. The molecule has 2 aliphatic rings. The van der Waals surface area contributed by atoms with E-state index in [1.54, 1.807) is 18.4 Å². The van der Waals surface area contributed by atoms with E-state index in [-0.39, 0.29) is 0 Å². The van der Waals surface area contributed by atoms with E-state index in [0.717, 1.165) is 81.8 Å². The van der Waals surface area contributed by atoms with E-state index in [2.05, 4.69) is 33.6 Å². The Kier molecular flexibility index (Phi) is 9.87. The van der Waals surface area contributed by atoms with E-state index in [4.69, 9.17) is 32.9 Å². The van der Waals surface area contributed by atoms with Crippen molar-refractivity contribution < 1.29 is 9.13 Å². The molecule has 0 amide bonds. The maximum absolute atomic E-state index is 13.8. The molecule has 5 aromatic rings. The molecule has 248 valence electrons. The van der Waals surface area contributed by atoms with Crippen molar-refractivity contribution in [3.63, 3.8) is 0 Å². The smallest absolute Gasteiger partial charge is 0.218 e. The maximum Gasteiger partial charge on any atom is 0.218 e.